The summed E-state index contributed by atoms with van der Waals surface area (Å²) in [6.07, 6.45) is -0.0258. The predicted molar refractivity (Wildman–Crippen MR) is 120 cm³/mol. The van der Waals surface area contributed by atoms with E-state index in [4.69, 9.17) is 14.6 Å². The average molecular weight is 460 g/mol. The van der Waals surface area contributed by atoms with E-state index in [0.29, 0.717) is 25.0 Å². The third-order valence-corrected chi connectivity index (χ3v) is 5.58. The van der Waals surface area contributed by atoms with E-state index in [1.165, 1.54) is 12.1 Å². The number of carboxylic acids is 1. The largest absolute Gasteiger partial charge is 0.484 e. The Hall–Kier alpha value is -3.13. The van der Waals surface area contributed by atoms with Gasteiger partial charge in [0.25, 0.3) is 0 Å². The number of aliphatic hydroxyl groups excluding tert-OH is 1. The topological polar surface area (TPSA) is 105 Å². The lowest BCUT2D eigenvalue weighted by atomic mass is 9.84. The van der Waals surface area contributed by atoms with Crippen LogP contribution in [0.15, 0.2) is 48.5 Å². The van der Waals surface area contributed by atoms with Crippen molar-refractivity contribution in [2.75, 3.05) is 0 Å². The Morgan fingerprint density at radius 3 is 2.52 bits per heavy atom. The van der Waals surface area contributed by atoms with E-state index in [9.17, 15) is 19.1 Å². The van der Waals surface area contributed by atoms with E-state index in [-0.39, 0.29) is 30.2 Å². The fourth-order valence-corrected chi connectivity index (χ4v) is 4.04. The van der Waals surface area contributed by atoms with Gasteiger partial charge in [0, 0.05) is 6.42 Å². The molecule has 3 rings (SSSR count). The summed E-state index contributed by atoms with van der Waals surface area (Å²) >= 11 is 0. The molecule has 33 heavy (non-hydrogen) atoms. The molecule has 0 saturated heterocycles. The van der Waals surface area contributed by atoms with E-state index in [1.54, 1.807) is 44.2 Å². The molecule has 0 unspecified atom stereocenters. The number of carbonyl (C=O) groups excluding carboxylic acids is 1. The molecular formula is C25H30FNO6. The van der Waals surface area contributed by atoms with Crippen molar-refractivity contribution in [2.45, 2.75) is 64.2 Å². The van der Waals surface area contributed by atoms with Gasteiger partial charge in [0.1, 0.15) is 18.0 Å². The SMILES string of the molecule is CC(C)(CC(=O)O)CC(=O)N[C@@H]1CCC[C@@H](Oc2cccc(F)c2Oc2ccccc2)[C@@H]1O. The van der Waals surface area contributed by atoms with Gasteiger partial charge in [-0.05, 0) is 48.9 Å². The second-order valence-corrected chi connectivity index (χ2v) is 9.15. The van der Waals surface area contributed by atoms with E-state index < -0.39 is 35.5 Å². The number of hydrogen-bond acceptors (Lipinski definition) is 5. The van der Waals surface area contributed by atoms with Crippen molar-refractivity contribution in [3.8, 4) is 17.2 Å². The summed E-state index contributed by atoms with van der Waals surface area (Å²) in [5, 5.41) is 22.7. The van der Waals surface area contributed by atoms with Gasteiger partial charge in [-0.25, -0.2) is 4.39 Å². The van der Waals surface area contributed by atoms with Crippen LogP contribution in [-0.4, -0.2) is 40.3 Å². The number of carbonyl (C=O) groups is 2. The predicted octanol–water partition coefficient (Wildman–Crippen LogP) is 4.29. The first kappa shape index (κ1) is 24.5. The standard InChI is InChI=1S/C25H30FNO6/c1-25(2,15-22(29)30)14-21(28)27-18-11-7-12-19(23(18)31)33-20-13-6-10-17(26)24(20)32-16-8-4-3-5-9-16/h3-6,8-10,13,18-19,23,31H,7,11-12,14-15H2,1-2H3,(H,27,28)(H,29,30)/t18-,19-,23-/m1/s1. The molecule has 3 N–H and O–H groups in total. The van der Waals surface area contributed by atoms with E-state index in [1.807, 2.05) is 6.07 Å². The molecule has 1 amide bonds. The molecule has 1 aliphatic carbocycles. The second kappa shape index (κ2) is 10.7. The van der Waals surface area contributed by atoms with Gasteiger partial charge in [-0.15, -0.1) is 0 Å². The van der Waals surface area contributed by atoms with Crippen molar-refractivity contribution < 1.29 is 33.7 Å². The number of aliphatic hydroxyl groups is 1. The monoisotopic (exact) mass is 459 g/mol. The minimum Gasteiger partial charge on any atom is -0.484 e. The van der Waals surface area contributed by atoms with E-state index in [0.717, 1.165) is 0 Å². The highest BCUT2D eigenvalue weighted by atomic mass is 19.1. The van der Waals surface area contributed by atoms with Crippen LogP contribution in [0.1, 0.15) is 46.0 Å². The van der Waals surface area contributed by atoms with Crippen LogP contribution in [0.3, 0.4) is 0 Å². The Morgan fingerprint density at radius 2 is 1.82 bits per heavy atom. The molecule has 0 aliphatic heterocycles. The maximum Gasteiger partial charge on any atom is 0.303 e. The second-order valence-electron chi connectivity index (χ2n) is 9.15. The van der Waals surface area contributed by atoms with Gasteiger partial charge >= 0.3 is 5.97 Å². The lowest BCUT2D eigenvalue weighted by Crippen LogP contribution is -2.53. The summed E-state index contributed by atoms with van der Waals surface area (Å²) in [7, 11) is 0. The number of hydrogen-bond donors (Lipinski definition) is 3. The summed E-state index contributed by atoms with van der Waals surface area (Å²) in [5.74, 6) is -1.35. The van der Waals surface area contributed by atoms with Gasteiger partial charge in [-0.2, -0.15) is 0 Å². The number of nitrogens with one attached hydrogen (secondary N) is 1. The molecule has 1 aliphatic rings. The normalized spacial score (nSPS) is 20.7. The minimum absolute atomic E-state index is 0.0208. The van der Waals surface area contributed by atoms with Gasteiger partial charge in [0.2, 0.25) is 11.7 Å². The molecule has 178 valence electrons. The Morgan fingerprint density at radius 1 is 1.09 bits per heavy atom. The molecule has 0 heterocycles. The number of carboxylic acid groups (broad SMARTS) is 1. The van der Waals surface area contributed by atoms with Gasteiger partial charge in [0.15, 0.2) is 11.6 Å². The first-order valence-corrected chi connectivity index (χ1v) is 11.0. The molecule has 1 fully saturated rings. The Bertz CT molecular complexity index is 965. The Balaban J connectivity index is 1.67. The van der Waals surface area contributed by atoms with Crippen molar-refractivity contribution in [1.29, 1.82) is 0 Å². The molecule has 8 heteroatoms. The lowest BCUT2D eigenvalue weighted by molar-refractivity contribution is -0.139. The van der Waals surface area contributed by atoms with Crippen LogP contribution >= 0.6 is 0 Å². The zero-order valence-corrected chi connectivity index (χ0v) is 18.8. The molecule has 2 aromatic rings. The van der Waals surface area contributed by atoms with Gasteiger partial charge < -0.3 is 25.0 Å². The van der Waals surface area contributed by atoms with Gasteiger partial charge in [-0.3, -0.25) is 9.59 Å². The first-order chi connectivity index (χ1) is 15.6. The summed E-state index contributed by atoms with van der Waals surface area (Å²) in [5.41, 5.74) is -0.712. The number of amides is 1. The third kappa shape index (κ3) is 6.92. The summed E-state index contributed by atoms with van der Waals surface area (Å²) < 4.78 is 26.2. The fraction of sp³-hybridized carbons (Fsp3) is 0.440. The zero-order valence-electron chi connectivity index (χ0n) is 18.8. The summed E-state index contributed by atoms with van der Waals surface area (Å²) in [6, 6.07) is 12.5. The highest BCUT2D eigenvalue weighted by molar-refractivity contribution is 5.78. The van der Waals surface area contributed by atoms with Gasteiger partial charge in [-0.1, -0.05) is 38.1 Å². The maximum atomic E-state index is 14.5. The van der Waals surface area contributed by atoms with Crippen molar-refractivity contribution in [3.05, 3.63) is 54.3 Å². The van der Waals surface area contributed by atoms with E-state index >= 15 is 0 Å². The molecule has 2 aromatic carbocycles. The zero-order chi connectivity index (χ0) is 24.0. The van der Waals surface area contributed by atoms with Crippen LogP contribution in [0.25, 0.3) is 0 Å². The number of rotatable bonds is 9. The van der Waals surface area contributed by atoms with Crippen LogP contribution in [0, 0.1) is 11.2 Å². The smallest absolute Gasteiger partial charge is 0.303 e. The van der Waals surface area contributed by atoms with Crippen LogP contribution < -0.4 is 14.8 Å². The Labute approximate surface area is 192 Å². The van der Waals surface area contributed by atoms with Gasteiger partial charge in [0.05, 0.1) is 12.5 Å². The van der Waals surface area contributed by atoms with E-state index in [2.05, 4.69) is 5.32 Å². The number of aliphatic carboxylic acids is 1. The molecule has 0 aromatic heterocycles. The minimum atomic E-state index is -1.02. The number of halogens is 1. The molecule has 3 atom stereocenters. The number of ether oxygens (including phenoxy) is 2. The van der Waals surface area contributed by atoms with Crippen LogP contribution in [-0.2, 0) is 9.59 Å². The third-order valence-electron chi connectivity index (χ3n) is 5.58. The molecule has 7 nitrogen and oxygen atoms in total. The molecule has 0 bridgehead atoms. The number of para-hydroxylation sites is 2. The average Bonchev–Trinajstić information content (AvgIpc) is 2.72. The Kier molecular flexibility index (Phi) is 7.92. The molecule has 0 spiro atoms. The fourth-order valence-electron chi connectivity index (χ4n) is 4.04. The maximum absolute atomic E-state index is 14.5. The highest BCUT2D eigenvalue weighted by Crippen LogP contribution is 2.36. The van der Waals surface area contributed by atoms with Crippen molar-refractivity contribution in [3.63, 3.8) is 0 Å². The number of benzene rings is 2. The quantitative estimate of drug-likeness (QED) is 0.517. The lowest BCUT2D eigenvalue weighted by Gasteiger charge is -2.36. The first-order valence-electron chi connectivity index (χ1n) is 11.0. The highest BCUT2D eigenvalue weighted by Gasteiger charge is 2.36. The van der Waals surface area contributed by atoms with Crippen LogP contribution in [0.5, 0.6) is 17.2 Å². The van der Waals surface area contributed by atoms with Crippen molar-refractivity contribution >= 4 is 11.9 Å². The summed E-state index contributed by atoms with van der Waals surface area (Å²) in [6.45, 7) is 3.42. The van der Waals surface area contributed by atoms with Crippen LogP contribution in [0.2, 0.25) is 0 Å². The molecule has 1 saturated carbocycles. The van der Waals surface area contributed by atoms with Crippen LogP contribution in [0.4, 0.5) is 4.39 Å². The molecule has 0 radical (unpaired) electrons. The van der Waals surface area contributed by atoms with Crippen molar-refractivity contribution in [1.82, 2.24) is 5.32 Å². The molecular weight excluding hydrogens is 429 g/mol. The van der Waals surface area contributed by atoms with Crippen molar-refractivity contribution in [2.24, 2.45) is 5.41 Å². The summed E-state index contributed by atoms with van der Waals surface area (Å²) in [4.78, 5) is 23.5.